The Morgan fingerprint density at radius 3 is 2.50 bits per heavy atom. The lowest BCUT2D eigenvalue weighted by Gasteiger charge is -2.34. The summed E-state index contributed by atoms with van der Waals surface area (Å²) in [4.78, 5) is 36.6. The second kappa shape index (κ2) is 8.42. The van der Waals surface area contributed by atoms with E-state index in [1.807, 2.05) is 31.2 Å². The zero-order valence-corrected chi connectivity index (χ0v) is 14.9. The Kier molecular flexibility index (Phi) is 5.78. The maximum absolute atomic E-state index is 12.3. The van der Waals surface area contributed by atoms with E-state index in [1.54, 1.807) is 23.4 Å². The molecule has 2 heterocycles. The van der Waals surface area contributed by atoms with Crippen LogP contribution in [0.4, 0.5) is 5.95 Å². The molecule has 0 saturated carbocycles. The number of nitrogens with one attached hydrogen (secondary N) is 1. The lowest BCUT2D eigenvalue weighted by atomic mass is 10.1. The van der Waals surface area contributed by atoms with E-state index in [2.05, 4.69) is 20.2 Å². The van der Waals surface area contributed by atoms with E-state index in [4.69, 9.17) is 0 Å². The molecule has 1 saturated heterocycles. The normalized spacial score (nSPS) is 14.2. The molecule has 1 aromatic carbocycles. The number of rotatable bonds is 5. The van der Waals surface area contributed by atoms with Gasteiger partial charge in [0.05, 0.1) is 13.0 Å². The topological polar surface area (TPSA) is 78.4 Å². The highest BCUT2D eigenvalue weighted by Gasteiger charge is 2.22. The fourth-order valence-corrected chi connectivity index (χ4v) is 2.97. The lowest BCUT2D eigenvalue weighted by molar-refractivity contribution is -0.133. The summed E-state index contributed by atoms with van der Waals surface area (Å²) in [5, 5.41) is 2.72. The first-order chi connectivity index (χ1) is 12.6. The second-order valence-corrected chi connectivity index (χ2v) is 6.36. The highest BCUT2D eigenvalue weighted by molar-refractivity contribution is 5.85. The molecule has 1 aromatic heterocycles. The number of piperazine rings is 1. The Morgan fingerprint density at radius 2 is 1.81 bits per heavy atom. The number of aryl methyl sites for hydroxylation is 1. The first-order valence-electron chi connectivity index (χ1n) is 8.74. The van der Waals surface area contributed by atoms with Crippen LogP contribution in [0.1, 0.15) is 11.1 Å². The number of hydrogen-bond acceptors (Lipinski definition) is 5. The molecule has 0 radical (unpaired) electrons. The molecule has 7 heteroatoms. The van der Waals surface area contributed by atoms with Gasteiger partial charge in [0.15, 0.2) is 0 Å². The summed E-state index contributed by atoms with van der Waals surface area (Å²) in [6, 6.07) is 9.60. The van der Waals surface area contributed by atoms with Gasteiger partial charge in [-0.1, -0.05) is 29.8 Å². The minimum absolute atomic E-state index is 0.0342. The number of amides is 2. The van der Waals surface area contributed by atoms with Gasteiger partial charge in [-0.05, 0) is 18.6 Å². The summed E-state index contributed by atoms with van der Waals surface area (Å²) >= 11 is 0. The van der Waals surface area contributed by atoms with E-state index in [0.29, 0.717) is 32.1 Å². The largest absolute Gasteiger partial charge is 0.347 e. The average molecular weight is 353 g/mol. The number of anilines is 1. The van der Waals surface area contributed by atoms with E-state index >= 15 is 0 Å². The number of carbonyl (C=O) groups is 2. The second-order valence-electron chi connectivity index (χ2n) is 6.36. The van der Waals surface area contributed by atoms with Crippen molar-refractivity contribution in [1.82, 2.24) is 20.2 Å². The third kappa shape index (κ3) is 4.78. The zero-order valence-electron chi connectivity index (χ0n) is 14.9. The fourth-order valence-electron chi connectivity index (χ4n) is 2.97. The minimum atomic E-state index is -0.139. The van der Waals surface area contributed by atoms with Crippen LogP contribution in [-0.2, 0) is 16.0 Å². The molecule has 0 unspecified atom stereocenters. The molecule has 2 aromatic rings. The lowest BCUT2D eigenvalue weighted by Crippen LogP contribution is -2.51. The van der Waals surface area contributed by atoms with Crippen LogP contribution >= 0.6 is 0 Å². The Hall–Kier alpha value is -2.96. The van der Waals surface area contributed by atoms with Crippen LogP contribution in [0, 0.1) is 6.92 Å². The quantitative estimate of drug-likeness (QED) is 0.860. The van der Waals surface area contributed by atoms with Crippen LogP contribution < -0.4 is 10.2 Å². The Balaban J connectivity index is 1.42. The third-order valence-electron chi connectivity index (χ3n) is 4.35. The highest BCUT2D eigenvalue weighted by atomic mass is 16.2. The SMILES string of the molecule is Cc1cccc(CC(=O)NCC(=O)N2CCN(c3ncccn3)CC2)c1. The van der Waals surface area contributed by atoms with E-state index in [9.17, 15) is 9.59 Å². The van der Waals surface area contributed by atoms with Gasteiger partial charge >= 0.3 is 0 Å². The molecule has 2 amide bonds. The number of hydrogen-bond donors (Lipinski definition) is 1. The van der Waals surface area contributed by atoms with Crippen LogP contribution in [0.15, 0.2) is 42.7 Å². The van der Waals surface area contributed by atoms with Gasteiger partial charge in [-0.25, -0.2) is 9.97 Å². The molecule has 0 atom stereocenters. The van der Waals surface area contributed by atoms with Crippen molar-refractivity contribution in [3.63, 3.8) is 0 Å². The zero-order chi connectivity index (χ0) is 18.4. The van der Waals surface area contributed by atoms with Crippen LogP contribution in [0.2, 0.25) is 0 Å². The molecule has 1 aliphatic rings. The Morgan fingerprint density at radius 1 is 1.08 bits per heavy atom. The number of carbonyl (C=O) groups excluding carboxylic acids is 2. The number of benzene rings is 1. The van der Waals surface area contributed by atoms with Gasteiger partial charge in [0, 0.05) is 38.6 Å². The molecule has 0 aliphatic carbocycles. The molecule has 0 spiro atoms. The van der Waals surface area contributed by atoms with Gasteiger partial charge in [0.25, 0.3) is 0 Å². The van der Waals surface area contributed by atoms with Gasteiger partial charge in [0.2, 0.25) is 17.8 Å². The fraction of sp³-hybridized carbons (Fsp3) is 0.368. The van der Waals surface area contributed by atoms with E-state index < -0.39 is 0 Å². The predicted molar refractivity (Wildman–Crippen MR) is 98.7 cm³/mol. The van der Waals surface area contributed by atoms with Crippen molar-refractivity contribution >= 4 is 17.8 Å². The summed E-state index contributed by atoms with van der Waals surface area (Å²) in [5.74, 6) is 0.488. The van der Waals surface area contributed by atoms with Gasteiger partial charge in [-0.2, -0.15) is 0 Å². The Labute approximate surface area is 153 Å². The smallest absolute Gasteiger partial charge is 0.242 e. The van der Waals surface area contributed by atoms with Crippen molar-refractivity contribution in [2.24, 2.45) is 0 Å². The van der Waals surface area contributed by atoms with Crippen LogP contribution in [-0.4, -0.2) is 59.4 Å². The maximum atomic E-state index is 12.3. The Bertz CT molecular complexity index is 758. The molecule has 26 heavy (non-hydrogen) atoms. The van der Waals surface area contributed by atoms with E-state index in [0.717, 1.165) is 11.1 Å². The van der Waals surface area contributed by atoms with Gasteiger partial charge < -0.3 is 15.1 Å². The van der Waals surface area contributed by atoms with Crippen LogP contribution in [0.5, 0.6) is 0 Å². The summed E-state index contributed by atoms with van der Waals surface area (Å²) in [7, 11) is 0. The van der Waals surface area contributed by atoms with Crippen LogP contribution in [0.25, 0.3) is 0 Å². The summed E-state index contributed by atoms with van der Waals surface area (Å²) < 4.78 is 0. The van der Waals surface area contributed by atoms with Crippen molar-refractivity contribution in [3.05, 3.63) is 53.9 Å². The summed E-state index contributed by atoms with van der Waals surface area (Å²) in [5.41, 5.74) is 2.07. The predicted octanol–water partition coefficient (Wildman–Crippen LogP) is 0.793. The van der Waals surface area contributed by atoms with Gasteiger partial charge in [-0.3, -0.25) is 9.59 Å². The van der Waals surface area contributed by atoms with Crippen molar-refractivity contribution in [2.45, 2.75) is 13.3 Å². The van der Waals surface area contributed by atoms with Gasteiger partial charge in [0.1, 0.15) is 0 Å². The molecule has 136 valence electrons. The molecule has 1 fully saturated rings. The molecule has 7 nitrogen and oxygen atoms in total. The molecular formula is C19H23N5O2. The molecule has 0 bridgehead atoms. The molecular weight excluding hydrogens is 330 g/mol. The standard InChI is InChI=1S/C19H23N5O2/c1-15-4-2-5-16(12-15)13-17(25)22-14-18(26)23-8-10-24(11-9-23)19-20-6-3-7-21-19/h2-7,12H,8-11,13-14H2,1H3,(H,22,25). The highest BCUT2D eigenvalue weighted by Crippen LogP contribution is 2.09. The van der Waals surface area contributed by atoms with Crippen molar-refractivity contribution < 1.29 is 9.59 Å². The van der Waals surface area contributed by atoms with Crippen molar-refractivity contribution in [2.75, 3.05) is 37.6 Å². The monoisotopic (exact) mass is 353 g/mol. The summed E-state index contributed by atoms with van der Waals surface area (Å²) in [6.45, 7) is 4.60. The first kappa shape index (κ1) is 17.8. The van der Waals surface area contributed by atoms with Crippen LogP contribution in [0.3, 0.4) is 0 Å². The number of nitrogens with zero attached hydrogens (tertiary/aromatic N) is 4. The maximum Gasteiger partial charge on any atom is 0.242 e. The van der Waals surface area contributed by atoms with Gasteiger partial charge in [-0.15, -0.1) is 0 Å². The minimum Gasteiger partial charge on any atom is -0.347 e. The first-order valence-corrected chi connectivity index (χ1v) is 8.74. The van der Waals surface area contributed by atoms with E-state index in [1.165, 1.54) is 0 Å². The van der Waals surface area contributed by atoms with E-state index in [-0.39, 0.29) is 24.8 Å². The molecule has 3 rings (SSSR count). The van der Waals surface area contributed by atoms with Crippen molar-refractivity contribution in [1.29, 1.82) is 0 Å². The third-order valence-corrected chi connectivity index (χ3v) is 4.35. The molecule has 1 aliphatic heterocycles. The summed E-state index contributed by atoms with van der Waals surface area (Å²) in [6.07, 6.45) is 3.71. The number of aromatic nitrogens is 2. The van der Waals surface area contributed by atoms with Crippen molar-refractivity contribution in [3.8, 4) is 0 Å². The average Bonchev–Trinajstić information content (AvgIpc) is 2.67. The molecule has 1 N–H and O–H groups in total.